The first-order chi connectivity index (χ1) is 32.8. The van der Waals surface area contributed by atoms with Crippen LogP contribution in [0.4, 0.5) is 0 Å². The van der Waals surface area contributed by atoms with Crippen molar-refractivity contribution in [1.82, 2.24) is 0 Å². The molecule has 0 saturated heterocycles. The van der Waals surface area contributed by atoms with E-state index in [1.165, 1.54) is 51.2 Å². The summed E-state index contributed by atoms with van der Waals surface area (Å²) < 4.78 is 31.4. The molecule has 380 valence electrons. The molecule has 2 N–H and O–H groups in total. The Morgan fingerprint density at radius 1 is 0.458 bits per heavy atom. The van der Waals surface area contributed by atoms with Crippen LogP contribution >= 0.6 is 0 Å². The fourth-order valence-corrected chi connectivity index (χ4v) is 4.55. The molecule has 0 saturated carbocycles. The number of carboxylic acids is 2. The first kappa shape index (κ1) is 73.3. The second-order valence-electron chi connectivity index (χ2n) is 12.5. The van der Waals surface area contributed by atoms with Gasteiger partial charge in [0.1, 0.15) is 36.2 Å². The zero-order chi connectivity index (χ0) is 50.4. The first-order valence-electron chi connectivity index (χ1n) is 20.5. The molecular formula is C46H56BaN4O19Zn2. The maximum atomic E-state index is 12.7. The van der Waals surface area contributed by atoms with Gasteiger partial charge in [0.05, 0.1) is 52.3 Å². The van der Waals surface area contributed by atoms with E-state index in [9.17, 15) is 20.4 Å². The molecule has 0 fully saturated rings. The van der Waals surface area contributed by atoms with Gasteiger partial charge in [0.15, 0.2) is 26.4 Å². The van der Waals surface area contributed by atoms with E-state index in [4.69, 9.17) is 67.6 Å². The molecule has 4 rings (SSSR count). The SMILES string of the molecule is CC(=O)[O-].CC(=O)[O-].CCOCC.COc1cccc(/C=N/OCCO/N=C/c2cccc(OCCOCCOc3cccc(/C=N/OCCO/N=C/c4cccc(OC)c4[O-])c3[O-])c2[O-])c1[O-].O.[Ba+2].[Zn+2].[Zn+2]. The maximum Gasteiger partial charge on any atom is 2.00 e. The Kier molecular flexibility index (Phi) is 47.7. The van der Waals surface area contributed by atoms with E-state index in [2.05, 4.69) is 20.6 Å². The number of oxime groups is 4. The van der Waals surface area contributed by atoms with Crippen molar-refractivity contribution in [2.24, 2.45) is 20.6 Å². The molecule has 0 heterocycles. The molecule has 23 nitrogen and oxygen atoms in total. The van der Waals surface area contributed by atoms with Gasteiger partial charge in [-0.25, -0.2) is 0 Å². The number of carboxylic acid groups (broad SMARTS) is 2. The number of para-hydroxylation sites is 4. The van der Waals surface area contributed by atoms with Crippen molar-refractivity contribution in [2.75, 3.05) is 80.3 Å². The van der Waals surface area contributed by atoms with Gasteiger partial charge >= 0.3 is 87.8 Å². The molecule has 26 heteroatoms. The Labute approximate surface area is 483 Å². The number of ether oxygens (including phenoxy) is 6. The third kappa shape index (κ3) is 33.4. The zero-order valence-electron chi connectivity index (χ0n) is 41.1. The number of rotatable bonds is 26. The largest absolute Gasteiger partial charge is 2.00 e. The molecule has 0 amide bonds. The number of nitrogens with zero attached hydrogens (tertiary/aromatic N) is 4. The van der Waals surface area contributed by atoms with Gasteiger partial charge in [0.2, 0.25) is 0 Å². The normalized spacial score (nSPS) is 9.97. The van der Waals surface area contributed by atoms with Crippen LogP contribution in [0.25, 0.3) is 0 Å². The predicted molar refractivity (Wildman–Crippen MR) is 246 cm³/mol. The molecule has 0 aliphatic carbocycles. The molecule has 4 aromatic carbocycles. The van der Waals surface area contributed by atoms with Crippen LogP contribution in [0.3, 0.4) is 0 Å². The van der Waals surface area contributed by atoms with E-state index < -0.39 is 11.9 Å². The Morgan fingerprint density at radius 2 is 0.708 bits per heavy atom. The Balaban J connectivity index is -0.00000121. The maximum absolute atomic E-state index is 12.7. The molecular weight excluding hydrogens is 1180 g/mol. The summed E-state index contributed by atoms with van der Waals surface area (Å²) in [6.45, 7) is 8.29. The number of methoxy groups -OCH3 is 2. The van der Waals surface area contributed by atoms with Gasteiger partial charge < -0.3 is 93.5 Å². The molecule has 0 bridgehead atoms. The van der Waals surface area contributed by atoms with Crippen LogP contribution in [0, 0.1) is 0 Å². The van der Waals surface area contributed by atoms with Crippen molar-refractivity contribution in [3.05, 3.63) is 95.1 Å². The van der Waals surface area contributed by atoms with Crippen molar-refractivity contribution in [3.63, 3.8) is 0 Å². The number of aliphatic carboxylic acids is 2. The summed E-state index contributed by atoms with van der Waals surface area (Å²) in [5.41, 5.74) is 1.13. The zero-order valence-corrected chi connectivity index (χ0v) is 51.4. The van der Waals surface area contributed by atoms with Crippen LogP contribution in [0.5, 0.6) is 46.0 Å². The van der Waals surface area contributed by atoms with E-state index in [0.29, 0.717) is 11.1 Å². The molecule has 0 spiro atoms. The molecule has 0 atom stereocenters. The fraction of sp³-hybridized carbons (Fsp3) is 0.348. The average molecular weight is 1240 g/mol. The number of hydrogen-bond acceptors (Lipinski definition) is 22. The van der Waals surface area contributed by atoms with Crippen LogP contribution < -0.4 is 49.6 Å². The smallest absolute Gasteiger partial charge is 0.870 e. The van der Waals surface area contributed by atoms with Gasteiger partial charge in [0, 0.05) is 25.2 Å². The van der Waals surface area contributed by atoms with Crippen molar-refractivity contribution in [2.45, 2.75) is 27.7 Å². The second-order valence-corrected chi connectivity index (χ2v) is 12.5. The average Bonchev–Trinajstić information content (AvgIpc) is 3.30. The molecule has 0 aliphatic heterocycles. The molecule has 0 aliphatic rings. The summed E-state index contributed by atoms with van der Waals surface area (Å²) in [7, 11) is 2.82. The van der Waals surface area contributed by atoms with Crippen LogP contribution in [0.1, 0.15) is 49.9 Å². The quantitative estimate of drug-likeness (QED) is 0.0335. The van der Waals surface area contributed by atoms with Crippen molar-refractivity contribution in [3.8, 4) is 46.0 Å². The first-order valence-corrected chi connectivity index (χ1v) is 20.5. The summed E-state index contributed by atoms with van der Waals surface area (Å²) in [5.74, 6) is -2.91. The van der Waals surface area contributed by atoms with Gasteiger partial charge in [-0.3, -0.25) is 0 Å². The summed E-state index contributed by atoms with van der Waals surface area (Å²) in [4.78, 5) is 38.1. The summed E-state index contributed by atoms with van der Waals surface area (Å²) in [6, 6.07) is 19.1. The van der Waals surface area contributed by atoms with Crippen molar-refractivity contribution in [1.29, 1.82) is 0 Å². The molecule has 72 heavy (non-hydrogen) atoms. The fourth-order valence-electron chi connectivity index (χ4n) is 4.55. The number of benzene rings is 4. The molecule has 4 aromatic rings. The molecule has 0 radical (unpaired) electrons. The number of carbonyl (C=O) groups excluding carboxylic acids is 2. The van der Waals surface area contributed by atoms with E-state index >= 15 is 0 Å². The Hall–Kier alpha value is -5.20. The van der Waals surface area contributed by atoms with Crippen LogP contribution in [0.15, 0.2) is 93.4 Å². The van der Waals surface area contributed by atoms with Crippen molar-refractivity contribution < 1.29 is 132 Å². The van der Waals surface area contributed by atoms with E-state index in [0.717, 1.165) is 27.1 Å². The molecule has 0 unspecified atom stereocenters. The minimum atomic E-state index is -1.08. The van der Waals surface area contributed by atoms with Crippen LogP contribution in [-0.4, -0.2) is 171 Å². The predicted octanol–water partition coefficient (Wildman–Crippen LogP) is -0.380. The van der Waals surface area contributed by atoms with Gasteiger partial charge in [0.25, 0.3) is 0 Å². The topological polar surface area (TPSA) is 346 Å². The van der Waals surface area contributed by atoms with E-state index in [1.54, 1.807) is 60.7 Å². The summed E-state index contributed by atoms with van der Waals surface area (Å²) in [5, 5.41) is 82.3. The number of hydrogen-bond donors (Lipinski definition) is 0. The van der Waals surface area contributed by atoms with Crippen LogP contribution in [0.2, 0.25) is 0 Å². The monoisotopic (exact) mass is 1230 g/mol. The third-order valence-corrected chi connectivity index (χ3v) is 7.45. The van der Waals surface area contributed by atoms with Gasteiger partial charge in [-0.1, -0.05) is 92.2 Å². The second kappa shape index (κ2) is 46.8. The van der Waals surface area contributed by atoms with Crippen LogP contribution in [-0.2, 0) is 77.4 Å². The van der Waals surface area contributed by atoms with Gasteiger partial charge in [-0.15, -0.1) is 0 Å². The third-order valence-electron chi connectivity index (χ3n) is 7.45. The minimum absolute atomic E-state index is 0. The Bertz CT molecular complexity index is 2030. The Morgan fingerprint density at radius 3 is 0.944 bits per heavy atom. The molecule has 0 aromatic heterocycles. The van der Waals surface area contributed by atoms with Crippen molar-refractivity contribution >= 4 is 85.7 Å². The van der Waals surface area contributed by atoms with E-state index in [1.807, 2.05) is 13.8 Å². The van der Waals surface area contributed by atoms with E-state index in [-0.39, 0.29) is 203 Å². The number of carbonyl (C=O) groups is 2. The summed E-state index contributed by atoms with van der Waals surface area (Å²) >= 11 is 0. The standard InChI is InChI=1S/C38H42N4O13.C4H10O.2C2H4O2.Ba.H2O.2Zn/c1-47-31-11-3-7-27(35(31)43)23-39-52-19-21-54-41-25-29-9-5-13-33(37(29)45)50-17-15-49-16-18-51-34-14-6-10-30(38(34)46)26-42-55-22-20-53-40-24-28-8-4-12-32(48-2)36(28)44;1-3-5-4-2;2*1-2(3)4;;;;/h3-14,23-26,43-46H,15-22H2,1-2H3;3-4H2,1-2H3;2*1H3,(H,3,4);;1H2;;/q;;;;+2;;2*+2/p-6/b39-23+,40-24+,41-25+,42-26+;;;;;;;. The minimum Gasteiger partial charge on any atom is -0.870 e. The van der Waals surface area contributed by atoms with Gasteiger partial charge in [-0.05, 0) is 74.2 Å². The summed E-state index contributed by atoms with van der Waals surface area (Å²) in [6.07, 6.45) is 5.07. The van der Waals surface area contributed by atoms with Gasteiger partial charge in [-0.2, -0.15) is 0 Å².